The van der Waals surface area contributed by atoms with Crippen molar-refractivity contribution in [3.05, 3.63) is 71.8 Å². The number of methoxy groups -OCH3 is 1. The van der Waals surface area contributed by atoms with E-state index in [9.17, 15) is 9.59 Å². The number of carbonyl (C=O) groups excluding carboxylic acids is 2. The van der Waals surface area contributed by atoms with E-state index in [4.69, 9.17) is 4.74 Å². The molecule has 1 fully saturated rings. The van der Waals surface area contributed by atoms with Gasteiger partial charge < -0.3 is 19.4 Å². The maximum absolute atomic E-state index is 13.3. The average molecular weight is 516 g/mol. The molecule has 200 valence electrons. The third-order valence-electron chi connectivity index (χ3n) is 6.90. The van der Waals surface area contributed by atoms with Crippen LogP contribution in [0.1, 0.15) is 42.1 Å². The summed E-state index contributed by atoms with van der Waals surface area (Å²) in [5.41, 5.74) is 3.65. The summed E-state index contributed by atoms with van der Waals surface area (Å²) in [6.45, 7) is 7.48. The van der Waals surface area contributed by atoms with E-state index < -0.39 is 0 Å². The second-order valence-corrected chi connectivity index (χ2v) is 9.67. The summed E-state index contributed by atoms with van der Waals surface area (Å²) in [6, 6.07) is 19.3. The van der Waals surface area contributed by atoms with Gasteiger partial charge in [-0.2, -0.15) is 0 Å². The maximum Gasteiger partial charge on any atom is 0.254 e. The lowest BCUT2D eigenvalue weighted by atomic mass is 10.1. The van der Waals surface area contributed by atoms with Crippen LogP contribution < -0.4 is 9.64 Å². The van der Waals surface area contributed by atoms with Crippen molar-refractivity contribution >= 4 is 17.6 Å². The highest BCUT2D eigenvalue weighted by Crippen LogP contribution is 2.20. The van der Waals surface area contributed by atoms with Crippen LogP contribution in [-0.4, -0.2) is 78.2 Å². The van der Waals surface area contributed by atoms with Gasteiger partial charge in [-0.15, -0.1) is 10.2 Å². The van der Waals surface area contributed by atoms with Gasteiger partial charge in [0.05, 0.1) is 12.8 Å². The quantitative estimate of drug-likeness (QED) is 0.419. The van der Waals surface area contributed by atoms with Crippen molar-refractivity contribution in [3.8, 4) is 17.0 Å². The highest BCUT2D eigenvalue weighted by Gasteiger charge is 2.24. The lowest BCUT2D eigenvalue weighted by Crippen LogP contribution is -2.44. The third-order valence-corrected chi connectivity index (χ3v) is 6.90. The molecule has 1 aliphatic heterocycles. The molecule has 2 aromatic carbocycles. The van der Waals surface area contributed by atoms with Crippen molar-refractivity contribution in [3.63, 3.8) is 0 Å². The minimum atomic E-state index is -0.130. The molecule has 0 spiro atoms. The van der Waals surface area contributed by atoms with Crippen LogP contribution in [0.25, 0.3) is 11.3 Å². The van der Waals surface area contributed by atoms with E-state index >= 15 is 0 Å². The first kappa shape index (κ1) is 27.1. The van der Waals surface area contributed by atoms with Crippen LogP contribution in [0.3, 0.4) is 0 Å². The number of hydrogen-bond donors (Lipinski definition) is 0. The zero-order chi connectivity index (χ0) is 26.9. The Morgan fingerprint density at radius 2 is 1.68 bits per heavy atom. The van der Waals surface area contributed by atoms with Crippen molar-refractivity contribution in [1.82, 2.24) is 20.0 Å². The molecule has 1 aromatic heterocycles. The average Bonchev–Trinajstić information content (AvgIpc) is 3.22. The molecule has 1 saturated heterocycles. The Morgan fingerprint density at radius 3 is 2.34 bits per heavy atom. The molecule has 0 saturated carbocycles. The van der Waals surface area contributed by atoms with E-state index in [2.05, 4.69) is 53.2 Å². The summed E-state index contributed by atoms with van der Waals surface area (Å²) in [6.07, 6.45) is 2.62. The van der Waals surface area contributed by atoms with Crippen LogP contribution >= 0.6 is 0 Å². The summed E-state index contributed by atoms with van der Waals surface area (Å²) in [7, 11) is 1.60. The number of carbonyl (C=O) groups is 2. The van der Waals surface area contributed by atoms with E-state index in [-0.39, 0.29) is 18.4 Å². The Balaban J connectivity index is 1.37. The normalized spacial score (nSPS) is 13.7. The van der Waals surface area contributed by atoms with E-state index in [0.717, 1.165) is 42.9 Å². The van der Waals surface area contributed by atoms with Crippen LogP contribution in [-0.2, 0) is 4.79 Å². The molecule has 0 radical (unpaired) electrons. The second-order valence-electron chi connectivity index (χ2n) is 9.67. The van der Waals surface area contributed by atoms with Crippen LogP contribution in [0, 0.1) is 6.92 Å². The topological polar surface area (TPSA) is 78.9 Å². The monoisotopic (exact) mass is 515 g/mol. The summed E-state index contributed by atoms with van der Waals surface area (Å²) in [4.78, 5) is 32.2. The molecule has 2 amide bonds. The zero-order valence-corrected chi connectivity index (χ0v) is 22.6. The van der Waals surface area contributed by atoms with E-state index in [1.54, 1.807) is 36.3 Å². The van der Waals surface area contributed by atoms with Crippen LogP contribution in [0.5, 0.6) is 5.75 Å². The molecule has 3 aromatic rings. The number of aromatic nitrogens is 2. The highest BCUT2D eigenvalue weighted by molar-refractivity contribution is 5.96. The number of aryl methyl sites for hydroxylation is 1. The van der Waals surface area contributed by atoms with Crippen molar-refractivity contribution in [2.75, 3.05) is 51.3 Å². The summed E-state index contributed by atoms with van der Waals surface area (Å²) >= 11 is 0. The fraction of sp³-hybridized carbons (Fsp3) is 0.400. The van der Waals surface area contributed by atoms with Crippen LogP contribution in [0.2, 0.25) is 0 Å². The summed E-state index contributed by atoms with van der Waals surface area (Å²) in [5.74, 6) is 1.36. The fourth-order valence-corrected chi connectivity index (χ4v) is 4.55. The summed E-state index contributed by atoms with van der Waals surface area (Å²) < 4.78 is 5.20. The van der Waals surface area contributed by atoms with Gasteiger partial charge in [-0.25, -0.2) is 0 Å². The van der Waals surface area contributed by atoms with Gasteiger partial charge in [0.1, 0.15) is 12.3 Å². The minimum Gasteiger partial charge on any atom is -0.497 e. The van der Waals surface area contributed by atoms with Gasteiger partial charge in [0, 0.05) is 43.9 Å². The molecule has 0 atom stereocenters. The third kappa shape index (κ3) is 6.88. The number of unbranched alkanes of at least 4 members (excludes halogenated alkanes) is 1. The molecular formula is C30H37N5O3. The molecule has 0 bridgehead atoms. The standard InChI is InChI=1S/C30H37N5O3/c1-4-5-17-35(30(37)25-11-13-26(38-3)14-12-25)22-29(36)34-19-6-18-33(20-21-34)28-16-15-27(31-32-28)24-9-7-23(2)8-10-24/h7-16H,4-6,17-22H2,1-3H3. The first-order valence-corrected chi connectivity index (χ1v) is 13.4. The molecule has 38 heavy (non-hydrogen) atoms. The van der Waals surface area contributed by atoms with Gasteiger partial charge in [-0.3, -0.25) is 9.59 Å². The molecule has 0 N–H and O–H groups in total. The molecule has 8 heteroatoms. The number of ether oxygens (including phenoxy) is 1. The summed E-state index contributed by atoms with van der Waals surface area (Å²) in [5, 5.41) is 8.92. The first-order valence-electron chi connectivity index (χ1n) is 13.4. The Morgan fingerprint density at radius 1 is 0.921 bits per heavy atom. The molecule has 0 unspecified atom stereocenters. The van der Waals surface area contributed by atoms with Crippen molar-refractivity contribution in [1.29, 1.82) is 0 Å². The minimum absolute atomic E-state index is 0.0226. The van der Waals surface area contributed by atoms with Crippen LogP contribution in [0.4, 0.5) is 5.82 Å². The van der Waals surface area contributed by atoms with Gasteiger partial charge in [-0.05, 0) is 56.2 Å². The number of nitrogens with zero attached hydrogens (tertiary/aromatic N) is 5. The molecule has 0 aliphatic carbocycles. The second kappa shape index (κ2) is 13.0. The predicted molar refractivity (Wildman–Crippen MR) is 149 cm³/mol. The Labute approximate surface area is 225 Å². The fourth-order valence-electron chi connectivity index (χ4n) is 4.55. The largest absolute Gasteiger partial charge is 0.497 e. The lowest BCUT2D eigenvalue weighted by molar-refractivity contribution is -0.131. The number of benzene rings is 2. The number of amides is 2. The lowest BCUT2D eigenvalue weighted by Gasteiger charge is -2.27. The van der Waals surface area contributed by atoms with Gasteiger partial charge in [0.25, 0.3) is 5.91 Å². The SMILES string of the molecule is CCCCN(CC(=O)N1CCCN(c2ccc(-c3ccc(C)cc3)nn2)CC1)C(=O)c1ccc(OC)cc1. The van der Waals surface area contributed by atoms with E-state index in [1.807, 2.05) is 17.0 Å². The molecule has 8 nitrogen and oxygen atoms in total. The van der Waals surface area contributed by atoms with E-state index in [1.165, 1.54) is 5.56 Å². The predicted octanol–water partition coefficient (Wildman–Crippen LogP) is 4.44. The van der Waals surface area contributed by atoms with Gasteiger partial charge in [0.15, 0.2) is 5.82 Å². The van der Waals surface area contributed by atoms with Gasteiger partial charge in [0.2, 0.25) is 5.91 Å². The number of rotatable bonds is 9. The molecule has 1 aliphatic rings. The Kier molecular flexibility index (Phi) is 9.30. The van der Waals surface area contributed by atoms with Crippen molar-refractivity contribution in [2.45, 2.75) is 33.1 Å². The van der Waals surface area contributed by atoms with Gasteiger partial charge >= 0.3 is 0 Å². The Hall–Kier alpha value is -3.94. The zero-order valence-electron chi connectivity index (χ0n) is 22.6. The number of anilines is 1. The smallest absolute Gasteiger partial charge is 0.254 e. The maximum atomic E-state index is 13.3. The molecule has 4 rings (SSSR count). The molecular weight excluding hydrogens is 478 g/mol. The van der Waals surface area contributed by atoms with Crippen molar-refractivity contribution in [2.24, 2.45) is 0 Å². The van der Waals surface area contributed by atoms with Gasteiger partial charge in [-0.1, -0.05) is 43.2 Å². The Bertz CT molecular complexity index is 1200. The highest BCUT2D eigenvalue weighted by atomic mass is 16.5. The van der Waals surface area contributed by atoms with Crippen molar-refractivity contribution < 1.29 is 14.3 Å². The number of hydrogen-bond acceptors (Lipinski definition) is 6. The molecule has 2 heterocycles. The van der Waals surface area contributed by atoms with E-state index in [0.29, 0.717) is 37.5 Å². The first-order chi connectivity index (χ1) is 18.5. The van der Waals surface area contributed by atoms with Crippen LogP contribution in [0.15, 0.2) is 60.7 Å².